The molecule has 1 saturated heterocycles. The van der Waals surface area contributed by atoms with Gasteiger partial charge in [-0.2, -0.15) is 0 Å². The first kappa shape index (κ1) is 15.5. The summed E-state index contributed by atoms with van der Waals surface area (Å²) in [5, 5.41) is 3.52. The lowest BCUT2D eigenvalue weighted by Crippen LogP contribution is -2.42. The maximum Gasteiger partial charge on any atom is 0.0953 e. The molecule has 2 nitrogen and oxygen atoms in total. The van der Waals surface area contributed by atoms with Crippen molar-refractivity contribution in [2.45, 2.75) is 59.2 Å². The van der Waals surface area contributed by atoms with Gasteiger partial charge in [0.05, 0.1) is 12.2 Å². The number of ether oxygens (including phenoxy) is 1. The number of hydrogen-bond donors (Lipinski definition) is 1. The molecule has 0 radical (unpaired) electrons. The van der Waals surface area contributed by atoms with Crippen LogP contribution in [0.25, 0.3) is 0 Å². The monoisotopic (exact) mass is 275 g/mol. The fourth-order valence-electron chi connectivity index (χ4n) is 2.89. The highest BCUT2D eigenvalue weighted by atomic mass is 16.5. The summed E-state index contributed by atoms with van der Waals surface area (Å²) in [5.74, 6) is 0. The van der Waals surface area contributed by atoms with Gasteiger partial charge in [-0.05, 0) is 29.4 Å². The molecule has 112 valence electrons. The van der Waals surface area contributed by atoms with E-state index in [-0.39, 0.29) is 6.10 Å². The highest BCUT2D eigenvalue weighted by molar-refractivity contribution is 5.25. The highest BCUT2D eigenvalue weighted by Gasteiger charge is 2.26. The standard InChI is InChI=1S/C18H29NO/c1-5-6-14-7-9-15(10-8-14)17-13-19-12-16(20-17)11-18(2,3)4/h7-10,16-17,19H,5-6,11-13H2,1-4H3. The van der Waals surface area contributed by atoms with Crippen molar-refractivity contribution in [3.8, 4) is 0 Å². The van der Waals surface area contributed by atoms with E-state index >= 15 is 0 Å². The van der Waals surface area contributed by atoms with E-state index in [4.69, 9.17) is 4.74 Å². The maximum atomic E-state index is 6.29. The van der Waals surface area contributed by atoms with E-state index < -0.39 is 0 Å². The largest absolute Gasteiger partial charge is 0.368 e. The number of nitrogens with one attached hydrogen (secondary N) is 1. The molecule has 1 aromatic rings. The van der Waals surface area contributed by atoms with E-state index in [1.807, 2.05) is 0 Å². The van der Waals surface area contributed by atoms with Crippen molar-refractivity contribution >= 4 is 0 Å². The maximum absolute atomic E-state index is 6.29. The number of morpholine rings is 1. The Hall–Kier alpha value is -0.860. The fourth-order valence-corrected chi connectivity index (χ4v) is 2.89. The van der Waals surface area contributed by atoms with Gasteiger partial charge in [-0.25, -0.2) is 0 Å². The second-order valence-corrected chi connectivity index (χ2v) is 7.16. The molecule has 1 aliphatic rings. The topological polar surface area (TPSA) is 21.3 Å². The Morgan fingerprint density at radius 2 is 1.85 bits per heavy atom. The third-order valence-corrected chi connectivity index (χ3v) is 3.79. The zero-order chi connectivity index (χ0) is 14.6. The first-order valence-electron chi connectivity index (χ1n) is 7.93. The van der Waals surface area contributed by atoms with Crippen molar-refractivity contribution < 1.29 is 4.74 Å². The summed E-state index contributed by atoms with van der Waals surface area (Å²) in [6.07, 6.45) is 3.99. The normalized spacial score (nSPS) is 23.8. The Morgan fingerprint density at radius 1 is 1.15 bits per heavy atom. The molecule has 0 amide bonds. The van der Waals surface area contributed by atoms with Gasteiger partial charge in [0.25, 0.3) is 0 Å². The van der Waals surface area contributed by atoms with Crippen LogP contribution in [0, 0.1) is 5.41 Å². The van der Waals surface area contributed by atoms with Crippen LogP contribution in [0.5, 0.6) is 0 Å². The van der Waals surface area contributed by atoms with Gasteiger partial charge in [0.1, 0.15) is 0 Å². The van der Waals surface area contributed by atoms with Crippen LogP contribution >= 0.6 is 0 Å². The van der Waals surface area contributed by atoms with Crippen LogP contribution in [-0.2, 0) is 11.2 Å². The van der Waals surface area contributed by atoms with Gasteiger partial charge < -0.3 is 10.1 Å². The summed E-state index contributed by atoms with van der Waals surface area (Å²) in [7, 11) is 0. The third-order valence-electron chi connectivity index (χ3n) is 3.79. The number of benzene rings is 1. The zero-order valence-electron chi connectivity index (χ0n) is 13.4. The third kappa shape index (κ3) is 4.60. The molecule has 2 rings (SSSR count). The molecule has 2 heteroatoms. The zero-order valence-corrected chi connectivity index (χ0v) is 13.4. The second kappa shape index (κ2) is 6.73. The van der Waals surface area contributed by atoms with E-state index in [2.05, 4.69) is 57.3 Å². The van der Waals surface area contributed by atoms with Crippen LogP contribution in [0.1, 0.15) is 57.8 Å². The predicted octanol–water partition coefficient (Wildman–Crippen LogP) is 4.10. The first-order valence-corrected chi connectivity index (χ1v) is 7.93. The lowest BCUT2D eigenvalue weighted by molar-refractivity contribution is -0.0552. The average Bonchev–Trinajstić information content (AvgIpc) is 2.38. The van der Waals surface area contributed by atoms with Crippen LogP contribution < -0.4 is 5.32 Å². The van der Waals surface area contributed by atoms with E-state index in [0.29, 0.717) is 11.5 Å². The smallest absolute Gasteiger partial charge is 0.0953 e. The van der Waals surface area contributed by atoms with E-state index in [1.54, 1.807) is 0 Å². The Bertz CT molecular complexity index is 404. The van der Waals surface area contributed by atoms with Gasteiger partial charge in [-0.1, -0.05) is 58.4 Å². The van der Waals surface area contributed by atoms with Gasteiger partial charge in [0.2, 0.25) is 0 Å². The van der Waals surface area contributed by atoms with Gasteiger partial charge in [-0.15, -0.1) is 0 Å². The van der Waals surface area contributed by atoms with Crippen molar-refractivity contribution in [2.24, 2.45) is 5.41 Å². The van der Waals surface area contributed by atoms with Gasteiger partial charge in [-0.3, -0.25) is 0 Å². The molecule has 0 spiro atoms. The van der Waals surface area contributed by atoms with Crippen LogP contribution in [0.3, 0.4) is 0 Å². The van der Waals surface area contributed by atoms with Gasteiger partial charge >= 0.3 is 0 Å². The number of rotatable bonds is 4. The summed E-state index contributed by atoms with van der Waals surface area (Å²) >= 11 is 0. The minimum Gasteiger partial charge on any atom is -0.368 e. The second-order valence-electron chi connectivity index (χ2n) is 7.16. The molecule has 1 aliphatic heterocycles. The lowest BCUT2D eigenvalue weighted by atomic mass is 9.88. The van der Waals surface area contributed by atoms with Crippen LogP contribution in [0.15, 0.2) is 24.3 Å². The van der Waals surface area contributed by atoms with Gasteiger partial charge in [0.15, 0.2) is 0 Å². The van der Waals surface area contributed by atoms with Crippen molar-refractivity contribution in [1.29, 1.82) is 0 Å². The Kier molecular flexibility index (Phi) is 5.22. The summed E-state index contributed by atoms with van der Waals surface area (Å²) in [5.41, 5.74) is 3.04. The van der Waals surface area contributed by atoms with Crippen LogP contribution in [0.2, 0.25) is 0 Å². The first-order chi connectivity index (χ1) is 9.48. The molecule has 1 N–H and O–H groups in total. The predicted molar refractivity (Wildman–Crippen MR) is 85.0 cm³/mol. The summed E-state index contributed by atoms with van der Waals surface area (Å²) < 4.78 is 6.29. The van der Waals surface area contributed by atoms with E-state index in [1.165, 1.54) is 17.5 Å². The molecule has 0 bridgehead atoms. The minimum absolute atomic E-state index is 0.201. The van der Waals surface area contributed by atoms with Crippen LogP contribution in [-0.4, -0.2) is 19.2 Å². The molecule has 0 saturated carbocycles. The fraction of sp³-hybridized carbons (Fsp3) is 0.667. The van der Waals surface area contributed by atoms with Crippen molar-refractivity contribution in [2.75, 3.05) is 13.1 Å². The Balaban J connectivity index is 1.97. The summed E-state index contributed by atoms with van der Waals surface area (Å²) in [6, 6.07) is 8.96. The molecule has 1 aromatic carbocycles. The highest BCUT2D eigenvalue weighted by Crippen LogP contribution is 2.28. The molecule has 1 fully saturated rings. The van der Waals surface area contributed by atoms with E-state index in [0.717, 1.165) is 25.9 Å². The number of hydrogen-bond acceptors (Lipinski definition) is 2. The molecule has 0 aliphatic carbocycles. The van der Waals surface area contributed by atoms with Crippen molar-refractivity contribution in [3.63, 3.8) is 0 Å². The minimum atomic E-state index is 0.201. The lowest BCUT2D eigenvalue weighted by Gasteiger charge is -2.34. The van der Waals surface area contributed by atoms with Crippen molar-refractivity contribution in [1.82, 2.24) is 5.32 Å². The van der Waals surface area contributed by atoms with Crippen molar-refractivity contribution in [3.05, 3.63) is 35.4 Å². The quantitative estimate of drug-likeness (QED) is 0.893. The molecule has 2 atom stereocenters. The SMILES string of the molecule is CCCc1ccc(C2CNCC(CC(C)(C)C)O2)cc1. The van der Waals surface area contributed by atoms with Crippen LogP contribution in [0.4, 0.5) is 0 Å². The molecule has 20 heavy (non-hydrogen) atoms. The molecule has 2 unspecified atom stereocenters. The average molecular weight is 275 g/mol. The molecule has 0 aromatic heterocycles. The van der Waals surface area contributed by atoms with Gasteiger partial charge in [0, 0.05) is 13.1 Å². The summed E-state index contributed by atoms with van der Waals surface area (Å²) in [4.78, 5) is 0. The van der Waals surface area contributed by atoms with E-state index in [9.17, 15) is 0 Å². The molecule has 1 heterocycles. The molecular weight excluding hydrogens is 246 g/mol. The summed E-state index contributed by atoms with van der Waals surface area (Å²) in [6.45, 7) is 11.0. The molecular formula is C18H29NO. The number of aryl methyl sites for hydroxylation is 1. The Labute approximate surface area is 123 Å². The Morgan fingerprint density at radius 3 is 2.45 bits per heavy atom.